The Morgan fingerprint density at radius 1 is 0.921 bits per heavy atom. The van der Waals surface area contributed by atoms with Gasteiger partial charge in [-0.05, 0) is 38.8 Å². The molecule has 0 aliphatic heterocycles. The fourth-order valence-electron chi connectivity index (χ4n) is 3.35. The highest BCUT2D eigenvalue weighted by Gasteiger charge is 2.17. The van der Waals surface area contributed by atoms with Crippen LogP contribution in [0.3, 0.4) is 0 Å². The van der Waals surface area contributed by atoms with Gasteiger partial charge >= 0.3 is 0 Å². The molecule has 0 saturated carbocycles. The van der Waals surface area contributed by atoms with E-state index in [-0.39, 0.29) is 45.9 Å². The molecule has 38 heavy (non-hydrogen) atoms. The van der Waals surface area contributed by atoms with Crippen LogP contribution in [-0.4, -0.2) is 66.2 Å². The number of aryl methyl sites for hydroxylation is 2. The summed E-state index contributed by atoms with van der Waals surface area (Å²) in [6.45, 7) is 2.10. The number of ether oxygens (including phenoxy) is 1. The molecule has 0 bridgehead atoms. The van der Waals surface area contributed by atoms with Crippen LogP contribution in [0.2, 0.25) is 0 Å². The van der Waals surface area contributed by atoms with Gasteiger partial charge in [0.2, 0.25) is 17.1 Å². The highest BCUT2D eigenvalue weighted by atomic mass is 79.9. The van der Waals surface area contributed by atoms with E-state index in [4.69, 9.17) is 4.74 Å². The van der Waals surface area contributed by atoms with Crippen molar-refractivity contribution in [2.45, 2.75) is 19.8 Å². The maximum absolute atomic E-state index is 14.2. The van der Waals surface area contributed by atoms with E-state index in [2.05, 4.69) is 41.8 Å². The molecule has 0 saturated heterocycles. The van der Waals surface area contributed by atoms with Crippen molar-refractivity contribution in [2.24, 2.45) is 0 Å². The number of nitrogens with one attached hydrogen (secondary N) is 1. The average Bonchev–Trinajstić information content (AvgIpc) is 3.41. The predicted octanol–water partition coefficient (Wildman–Crippen LogP) is 3.34. The number of aromatic nitrogens is 4. The van der Waals surface area contributed by atoms with Crippen molar-refractivity contribution in [3.05, 3.63) is 67.0 Å². The Morgan fingerprint density at radius 3 is 2.13 bits per heavy atom. The summed E-state index contributed by atoms with van der Waals surface area (Å²) in [6, 6.07) is 0. The van der Waals surface area contributed by atoms with Crippen LogP contribution < -0.4 is 10.2 Å². The molecule has 4 aromatic heterocycles. The van der Waals surface area contributed by atoms with Crippen LogP contribution in [-0.2, 0) is 32.5 Å². The number of nitrogens with zero attached hydrogens (tertiary/aromatic N) is 3. The molecule has 10 nitrogen and oxygen atoms in total. The van der Waals surface area contributed by atoms with Gasteiger partial charge in [-0.25, -0.2) is 21.8 Å². The molecule has 4 aromatic rings. The van der Waals surface area contributed by atoms with Gasteiger partial charge in [0.15, 0.2) is 17.0 Å². The number of halogens is 4. The van der Waals surface area contributed by atoms with Gasteiger partial charge in [-0.1, -0.05) is 0 Å². The first-order valence-corrected chi connectivity index (χ1v) is 16.7. The first-order chi connectivity index (χ1) is 17.6. The third-order valence-corrected chi connectivity index (χ3v) is 8.14. The fourth-order valence-corrected chi connectivity index (χ4v) is 5.42. The van der Waals surface area contributed by atoms with Gasteiger partial charge in [0.25, 0.3) is 0 Å². The Bertz CT molecular complexity index is 1770. The summed E-state index contributed by atoms with van der Waals surface area (Å²) in [7, 11) is -6.15. The molecule has 0 aliphatic rings. The highest BCUT2D eigenvalue weighted by molar-refractivity contribution is 9.10. The molecule has 0 radical (unpaired) electrons. The minimum atomic E-state index is -3.08. The Hall–Kier alpha value is -2.30. The van der Waals surface area contributed by atoms with E-state index in [9.17, 15) is 30.4 Å². The van der Waals surface area contributed by atoms with Crippen LogP contribution >= 0.6 is 31.9 Å². The van der Waals surface area contributed by atoms with Gasteiger partial charge in [0.05, 0.1) is 32.8 Å². The van der Waals surface area contributed by atoms with Gasteiger partial charge in [0.1, 0.15) is 19.7 Å². The van der Waals surface area contributed by atoms with Crippen LogP contribution in [0, 0.1) is 11.6 Å². The van der Waals surface area contributed by atoms with Crippen molar-refractivity contribution >= 4 is 62.8 Å². The predicted molar refractivity (Wildman–Crippen MR) is 147 cm³/mol. The normalized spacial score (nSPS) is 12.1. The van der Waals surface area contributed by atoms with E-state index >= 15 is 0 Å². The summed E-state index contributed by atoms with van der Waals surface area (Å²) in [6.07, 6.45) is 9.04. The Morgan fingerprint density at radius 2 is 1.53 bits per heavy atom. The van der Waals surface area contributed by atoms with Crippen molar-refractivity contribution in [3.63, 3.8) is 0 Å². The quantitative estimate of drug-likeness (QED) is 0.298. The molecule has 0 spiro atoms. The number of rotatable bonds is 8. The second-order valence-corrected chi connectivity index (χ2v) is 14.7. The number of sulfone groups is 2. The molecular weight excluding hydrogens is 678 g/mol. The van der Waals surface area contributed by atoms with Gasteiger partial charge < -0.3 is 18.5 Å². The largest absolute Gasteiger partial charge is 0.489 e. The third-order valence-electron chi connectivity index (χ3n) is 5.12. The summed E-state index contributed by atoms with van der Waals surface area (Å²) in [4.78, 5) is 18.2. The van der Waals surface area contributed by atoms with Gasteiger partial charge in [-0.15, -0.1) is 0 Å². The highest BCUT2D eigenvalue weighted by Crippen LogP contribution is 2.30. The second-order valence-electron chi connectivity index (χ2n) is 8.43. The van der Waals surface area contributed by atoms with Gasteiger partial charge in [0, 0.05) is 55.8 Å². The number of hydrogen-bond acceptors (Lipinski definition) is 7. The molecule has 4 heterocycles. The maximum atomic E-state index is 14.2. The molecule has 0 aliphatic carbocycles. The third kappa shape index (κ3) is 7.64. The Labute approximate surface area is 234 Å². The molecule has 0 unspecified atom stereocenters. The summed E-state index contributed by atoms with van der Waals surface area (Å²) in [5.41, 5.74) is 0.505. The number of pyridine rings is 2. The molecule has 16 heteroatoms. The van der Waals surface area contributed by atoms with E-state index in [0.29, 0.717) is 22.5 Å². The average molecular weight is 702 g/mol. The number of aromatic amines is 1. The van der Waals surface area contributed by atoms with E-state index in [1.54, 1.807) is 25.5 Å². The summed E-state index contributed by atoms with van der Waals surface area (Å²) >= 11 is 6.20. The Balaban J connectivity index is 0.000000212. The smallest absolute Gasteiger partial charge is 0.233 e. The SMILES string of the molecule is CCOc1c(Br)cn2cc(CCS(C)(=O)=O)nc2c1F.CS(=O)(=O)CCc1cn2cc(Br)c(=O)c(F)c2[nH]1. The number of H-pyrrole nitrogens is 1. The van der Waals surface area contributed by atoms with Crippen molar-refractivity contribution in [2.75, 3.05) is 30.6 Å². The first-order valence-electron chi connectivity index (χ1n) is 11.0. The van der Waals surface area contributed by atoms with Crippen molar-refractivity contribution < 1.29 is 30.4 Å². The van der Waals surface area contributed by atoms with E-state index < -0.39 is 36.7 Å². The van der Waals surface area contributed by atoms with Crippen LogP contribution in [0.5, 0.6) is 5.75 Å². The summed E-state index contributed by atoms with van der Waals surface area (Å²) < 4.78 is 81.0. The topological polar surface area (TPSA) is 132 Å². The van der Waals surface area contributed by atoms with Crippen LogP contribution in [0.1, 0.15) is 18.3 Å². The van der Waals surface area contributed by atoms with Crippen LogP contribution in [0.25, 0.3) is 11.3 Å². The minimum absolute atomic E-state index is 0.0159. The van der Waals surface area contributed by atoms with Crippen LogP contribution in [0.15, 0.2) is 38.5 Å². The molecule has 0 atom stereocenters. The zero-order valence-electron chi connectivity index (χ0n) is 20.5. The fraction of sp³-hybridized carbons (Fsp3) is 0.364. The molecule has 0 aromatic carbocycles. The van der Waals surface area contributed by atoms with Gasteiger partial charge in [-0.3, -0.25) is 4.79 Å². The maximum Gasteiger partial charge on any atom is 0.233 e. The van der Waals surface area contributed by atoms with Gasteiger partial charge in [-0.2, -0.15) is 8.78 Å². The Kier molecular flexibility index (Phi) is 9.42. The standard InChI is InChI=1S/C12H14BrFN2O3S.C10H10BrFN2O3S/c1-3-19-11-9(13)7-16-6-8(4-5-20(2,17)18)15-12(16)10(11)14;1-18(16,17)3-2-6-4-14-5-7(11)9(15)8(12)10(14)13-6/h6-7H,3-5H2,1-2H3;4-5,13H,2-3H2,1H3. The minimum Gasteiger partial charge on any atom is -0.489 e. The zero-order chi connectivity index (χ0) is 28.4. The summed E-state index contributed by atoms with van der Waals surface area (Å²) in [5.74, 6) is -1.40. The molecule has 4 rings (SSSR count). The lowest BCUT2D eigenvalue weighted by Crippen LogP contribution is -2.09. The molecular formula is C22H24Br2F2N4O6S2. The van der Waals surface area contributed by atoms with E-state index in [0.717, 1.165) is 12.5 Å². The molecule has 0 amide bonds. The van der Waals surface area contributed by atoms with Crippen LogP contribution in [0.4, 0.5) is 8.78 Å². The van der Waals surface area contributed by atoms with E-state index in [1.165, 1.54) is 15.0 Å². The summed E-state index contributed by atoms with van der Waals surface area (Å²) in [5, 5.41) is 0. The second kappa shape index (κ2) is 11.8. The molecule has 1 N–H and O–H groups in total. The lowest BCUT2D eigenvalue weighted by molar-refractivity contribution is 0.319. The number of imidazole rings is 2. The van der Waals surface area contributed by atoms with Crippen molar-refractivity contribution in [1.29, 1.82) is 0 Å². The van der Waals surface area contributed by atoms with Crippen molar-refractivity contribution in [3.8, 4) is 5.75 Å². The first kappa shape index (κ1) is 30.2. The van der Waals surface area contributed by atoms with E-state index in [1.807, 2.05) is 0 Å². The molecule has 208 valence electrons. The number of hydrogen-bond donors (Lipinski definition) is 1. The number of fused-ring (bicyclic) bond motifs is 2. The van der Waals surface area contributed by atoms with Crippen molar-refractivity contribution in [1.82, 2.24) is 18.8 Å². The lowest BCUT2D eigenvalue weighted by Gasteiger charge is -2.07. The zero-order valence-corrected chi connectivity index (χ0v) is 25.3. The lowest BCUT2D eigenvalue weighted by atomic mass is 10.4. The monoisotopic (exact) mass is 700 g/mol. The molecule has 0 fully saturated rings.